The van der Waals surface area contributed by atoms with E-state index in [-0.39, 0.29) is 23.9 Å². The first kappa shape index (κ1) is 27.4. The Morgan fingerprint density at radius 3 is 2.23 bits per heavy atom. The molecule has 0 aliphatic carbocycles. The fourth-order valence-electron chi connectivity index (χ4n) is 2.84. The Morgan fingerprint density at radius 1 is 1.06 bits per heavy atom. The zero-order valence-corrected chi connectivity index (χ0v) is 21.7. The van der Waals surface area contributed by atoms with Gasteiger partial charge < -0.3 is 14.6 Å². The van der Waals surface area contributed by atoms with Crippen molar-refractivity contribution in [2.45, 2.75) is 85.9 Å². The van der Waals surface area contributed by atoms with Crippen molar-refractivity contribution >= 4 is 14.0 Å². The summed E-state index contributed by atoms with van der Waals surface area (Å²) in [5, 5.41) is 10.4. The Morgan fingerprint density at radius 2 is 1.68 bits per heavy atom. The van der Waals surface area contributed by atoms with Crippen LogP contribution in [0.2, 0.25) is 19.6 Å². The summed E-state index contributed by atoms with van der Waals surface area (Å²) < 4.78 is 11.8. The molecule has 5 heteroatoms. The third-order valence-electron chi connectivity index (χ3n) is 5.04. The highest BCUT2D eigenvalue weighted by Gasteiger charge is 2.30. The van der Waals surface area contributed by atoms with Gasteiger partial charge in [0.15, 0.2) is 0 Å². The second-order valence-corrected chi connectivity index (χ2v) is 15.4. The molecule has 0 aliphatic heterocycles. The van der Waals surface area contributed by atoms with Gasteiger partial charge >= 0.3 is 5.97 Å². The van der Waals surface area contributed by atoms with Crippen molar-refractivity contribution in [3.63, 3.8) is 0 Å². The minimum Gasteiger partial charge on any atom is -0.462 e. The lowest BCUT2D eigenvalue weighted by molar-refractivity contribution is -0.163. The van der Waals surface area contributed by atoms with Crippen molar-refractivity contribution in [1.82, 2.24) is 0 Å². The van der Waals surface area contributed by atoms with Gasteiger partial charge in [-0.05, 0) is 45.1 Å². The zero-order chi connectivity index (χ0) is 23.7. The Bertz CT molecular complexity index is 722. The van der Waals surface area contributed by atoms with E-state index in [4.69, 9.17) is 9.47 Å². The van der Waals surface area contributed by atoms with Gasteiger partial charge in [-0.25, -0.2) is 0 Å². The molecular weight excluding hydrogens is 404 g/mol. The predicted octanol–water partition coefficient (Wildman–Crippen LogP) is 5.46. The lowest BCUT2D eigenvalue weighted by Gasteiger charge is -2.29. The number of hydrogen-bond acceptors (Lipinski definition) is 4. The van der Waals surface area contributed by atoms with E-state index >= 15 is 0 Å². The van der Waals surface area contributed by atoms with Crippen LogP contribution in [0.5, 0.6) is 0 Å². The zero-order valence-electron chi connectivity index (χ0n) is 20.7. The van der Waals surface area contributed by atoms with Crippen molar-refractivity contribution < 1.29 is 19.4 Å². The van der Waals surface area contributed by atoms with Gasteiger partial charge in [-0.1, -0.05) is 69.7 Å². The Hall–Kier alpha value is -1.61. The van der Waals surface area contributed by atoms with Crippen molar-refractivity contribution in [1.29, 1.82) is 0 Å². The first-order valence-electron chi connectivity index (χ1n) is 11.3. The summed E-state index contributed by atoms with van der Waals surface area (Å²) in [6.45, 7) is 17.2. The molecule has 0 spiro atoms. The molecule has 0 fully saturated rings. The molecule has 1 rings (SSSR count). The third kappa shape index (κ3) is 11.5. The number of aliphatic hydroxyl groups excluding tert-OH is 1. The standard InChI is InChI=1S/C26H42O4Si/c1-20(23(27)16-17-31(6,7)8)14-15-24(30-25(28)26(3,4)5)21(2)18-29-19-22-12-10-9-11-13-22/h9-13,20-21,23-24,27H,14-15,18-19H2,1-8H3/t20-,21+,23+,24-/m0/s1. The van der Waals surface area contributed by atoms with E-state index in [2.05, 4.69) is 38.0 Å². The van der Waals surface area contributed by atoms with E-state index in [1.54, 1.807) is 0 Å². The maximum absolute atomic E-state index is 12.5. The van der Waals surface area contributed by atoms with Gasteiger partial charge in [0.2, 0.25) is 0 Å². The molecule has 0 heterocycles. The fourth-order valence-corrected chi connectivity index (χ4v) is 3.42. The van der Waals surface area contributed by atoms with Crippen molar-refractivity contribution in [3.8, 4) is 11.5 Å². The lowest BCUT2D eigenvalue weighted by atomic mass is 9.92. The molecule has 4 nitrogen and oxygen atoms in total. The highest BCUT2D eigenvalue weighted by atomic mass is 28.3. The van der Waals surface area contributed by atoms with E-state index in [0.29, 0.717) is 19.6 Å². The maximum atomic E-state index is 12.5. The summed E-state index contributed by atoms with van der Waals surface area (Å²) in [6, 6.07) is 10.0. The van der Waals surface area contributed by atoms with E-state index in [0.717, 1.165) is 12.0 Å². The molecule has 1 aromatic rings. The third-order valence-corrected chi connectivity index (χ3v) is 5.93. The quantitative estimate of drug-likeness (QED) is 0.295. The molecule has 4 atom stereocenters. The molecule has 0 bridgehead atoms. The minimum absolute atomic E-state index is 0.0112. The first-order chi connectivity index (χ1) is 14.3. The molecule has 0 saturated carbocycles. The molecule has 0 saturated heterocycles. The van der Waals surface area contributed by atoms with Gasteiger partial charge in [-0.3, -0.25) is 4.79 Å². The average Bonchev–Trinajstić information content (AvgIpc) is 2.68. The summed E-state index contributed by atoms with van der Waals surface area (Å²) in [7, 11) is -1.52. The van der Waals surface area contributed by atoms with Gasteiger partial charge in [-0.2, -0.15) is 0 Å². The molecular formula is C26H42O4Si. The molecule has 0 aromatic heterocycles. The summed E-state index contributed by atoms with van der Waals surface area (Å²) in [4.78, 5) is 12.5. The highest BCUT2D eigenvalue weighted by Crippen LogP contribution is 2.24. The van der Waals surface area contributed by atoms with Crippen molar-refractivity contribution in [2.75, 3.05) is 6.61 Å². The summed E-state index contributed by atoms with van der Waals surface area (Å²) in [5.74, 6) is 2.88. The number of rotatable bonds is 10. The topological polar surface area (TPSA) is 55.8 Å². The molecule has 0 radical (unpaired) electrons. The number of carbonyl (C=O) groups is 1. The van der Waals surface area contributed by atoms with Crippen LogP contribution in [0.15, 0.2) is 30.3 Å². The van der Waals surface area contributed by atoms with E-state index in [9.17, 15) is 9.90 Å². The van der Waals surface area contributed by atoms with Crippen LogP contribution < -0.4 is 0 Å². The Kier molecular flexibility index (Phi) is 11.0. The molecule has 0 amide bonds. The Labute approximate surface area is 190 Å². The molecule has 31 heavy (non-hydrogen) atoms. The van der Waals surface area contributed by atoms with E-state index in [1.165, 1.54) is 0 Å². The van der Waals surface area contributed by atoms with Gasteiger partial charge in [0.25, 0.3) is 0 Å². The fraction of sp³-hybridized carbons (Fsp3) is 0.654. The monoisotopic (exact) mass is 446 g/mol. The first-order valence-corrected chi connectivity index (χ1v) is 14.8. The summed E-state index contributed by atoms with van der Waals surface area (Å²) >= 11 is 0. The predicted molar refractivity (Wildman–Crippen MR) is 130 cm³/mol. The second kappa shape index (κ2) is 12.4. The van der Waals surface area contributed by atoms with Crippen LogP contribution in [-0.2, 0) is 20.9 Å². The van der Waals surface area contributed by atoms with Crippen molar-refractivity contribution in [3.05, 3.63) is 35.9 Å². The van der Waals surface area contributed by atoms with Crippen LogP contribution >= 0.6 is 0 Å². The van der Waals surface area contributed by atoms with Gasteiger partial charge in [0.05, 0.1) is 18.6 Å². The Balaban J connectivity index is 2.71. The molecule has 0 aliphatic rings. The van der Waals surface area contributed by atoms with E-state index < -0.39 is 19.6 Å². The van der Waals surface area contributed by atoms with Crippen LogP contribution in [0.3, 0.4) is 0 Å². The summed E-state index contributed by atoms with van der Waals surface area (Å²) in [5.41, 5.74) is 3.80. The smallest absolute Gasteiger partial charge is 0.311 e. The number of esters is 1. The number of hydrogen-bond donors (Lipinski definition) is 1. The van der Waals surface area contributed by atoms with Crippen molar-refractivity contribution in [2.24, 2.45) is 17.3 Å². The maximum Gasteiger partial charge on any atom is 0.311 e. The lowest BCUT2D eigenvalue weighted by Crippen LogP contribution is -2.34. The number of carbonyl (C=O) groups excluding carboxylic acids is 1. The van der Waals surface area contributed by atoms with Gasteiger partial charge in [0.1, 0.15) is 20.3 Å². The summed E-state index contributed by atoms with van der Waals surface area (Å²) in [6.07, 6.45) is 0.481. The van der Waals surface area contributed by atoms with Crippen LogP contribution in [0.25, 0.3) is 0 Å². The number of aliphatic hydroxyl groups is 1. The molecule has 1 N–H and O–H groups in total. The van der Waals surface area contributed by atoms with E-state index in [1.807, 2.05) is 58.0 Å². The van der Waals surface area contributed by atoms with Crippen LogP contribution in [0.1, 0.15) is 53.0 Å². The van der Waals surface area contributed by atoms with Crippen LogP contribution in [0.4, 0.5) is 0 Å². The van der Waals surface area contributed by atoms with Gasteiger partial charge in [-0.15, -0.1) is 5.54 Å². The highest BCUT2D eigenvalue weighted by molar-refractivity contribution is 6.83. The minimum atomic E-state index is -1.52. The molecule has 1 aromatic carbocycles. The SMILES string of the molecule is C[C@H](COCc1ccccc1)[C@H](CC[C@H](C)[C@H](O)C#C[Si](C)(C)C)OC(=O)C(C)(C)C. The normalized spacial score (nSPS) is 15.9. The number of benzene rings is 1. The van der Waals surface area contributed by atoms with Gasteiger partial charge in [0, 0.05) is 5.92 Å². The second-order valence-electron chi connectivity index (χ2n) is 10.7. The molecule has 174 valence electrons. The van der Waals surface area contributed by atoms with Crippen LogP contribution in [0, 0.1) is 28.7 Å². The van der Waals surface area contributed by atoms with Crippen LogP contribution in [-0.4, -0.2) is 38.0 Å². The largest absolute Gasteiger partial charge is 0.462 e. The number of ether oxygens (including phenoxy) is 2. The average molecular weight is 447 g/mol. The molecule has 0 unspecified atom stereocenters.